The Kier molecular flexibility index (Phi) is 6.35. The van der Waals surface area contributed by atoms with Crippen molar-refractivity contribution in [2.24, 2.45) is 0 Å². The summed E-state index contributed by atoms with van der Waals surface area (Å²) in [4.78, 5) is 0. The van der Waals surface area contributed by atoms with Crippen LogP contribution in [-0.2, 0) is 0 Å². The molecule has 0 aliphatic rings. The van der Waals surface area contributed by atoms with E-state index < -0.39 is 90.8 Å². The van der Waals surface area contributed by atoms with Crippen LogP contribution in [0.5, 0.6) is 5.75 Å². The molecule has 10 heteroatoms. The molecule has 31 heavy (non-hydrogen) atoms. The van der Waals surface area contributed by atoms with Gasteiger partial charge in [-0.1, -0.05) is 4.43 Å². The summed E-state index contributed by atoms with van der Waals surface area (Å²) in [5.74, 6) is -11.6. The SMILES string of the molecule is COc1c[c]([Al]([c]2c(F)cc(F)c(C)c2F)[c]2c(F)cc(F)c(C)c2F)c(F)cc1F. The molecule has 0 atom stereocenters. The molecule has 3 aromatic rings. The van der Waals surface area contributed by atoms with Crippen LogP contribution in [0.2, 0.25) is 0 Å². The van der Waals surface area contributed by atoms with Gasteiger partial charge in [-0.15, -0.1) is 0 Å². The van der Waals surface area contributed by atoms with E-state index in [4.69, 9.17) is 4.74 Å². The molecule has 162 valence electrons. The molecule has 0 saturated carbocycles. The van der Waals surface area contributed by atoms with Crippen LogP contribution in [0, 0.1) is 60.4 Å². The fourth-order valence-electron chi connectivity index (χ4n) is 3.32. The zero-order valence-electron chi connectivity index (χ0n) is 16.3. The van der Waals surface area contributed by atoms with E-state index in [1.54, 1.807) is 0 Å². The normalized spacial score (nSPS) is 11.1. The van der Waals surface area contributed by atoms with Crippen molar-refractivity contribution >= 4 is 27.4 Å². The van der Waals surface area contributed by atoms with Gasteiger partial charge in [-0.3, -0.25) is 0 Å². The van der Waals surface area contributed by atoms with Gasteiger partial charge in [0.05, 0.1) is 7.11 Å². The summed E-state index contributed by atoms with van der Waals surface area (Å²) in [5.41, 5.74) is -1.33. The quantitative estimate of drug-likeness (QED) is 0.424. The van der Waals surface area contributed by atoms with Crippen LogP contribution < -0.4 is 18.0 Å². The molecule has 1 nitrogen and oxygen atoms in total. The topological polar surface area (TPSA) is 9.23 Å². The first-order valence-electron chi connectivity index (χ1n) is 8.80. The van der Waals surface area contributed by atoms with Gasteiger partial charge in [-0.05, 0) is 28.8 Å². The third kappa shape index (κ3) is 3.90. The van der Waals surface area contributed by atoms with E-state index in [1.165, 1.54) is 0 Å². The van der Waals surface area contributed by atoms with Gasteiger partial charge in [0.15, 0.2) is 11.6 Å². The third-order valence-corrected chi connectivity index (χ3v) is 8.31. The van der Waals surface area contributed by atoms with Gasteiger partial charge in [-0.25, -0.2) is 35.1 Å². The molecule has 0 saturated heterocycles. The van der Waals surface area contributed by atoms with Gasteiger partial charge < -0.3 is 4.74 Å². The van der Waals surface area contributed by atoms with E-state index >= 15 is 0 Å². The largest absolute Gasteiger partial charge is 0.494 e. The fraction of sp³-hybridized carbons (Fsp3) is 0.143. The Morgan fingerprint density at radius 2 is 1.00 bits per heavy atom. The average Bonchev–Trinajstić information content (AvgIpc) is 2.70. The molecule has 0 N–H and O–H groups in total. The lowest BCUT2D eigenvalue weighted by atomic mass is 10.2. The number of ether oxygens (including phenoxy) is 1. The van der Waals surface area contributed by atoms with Crippen LogP contribution in [0.1, 0.15) is 11.1 Å². The summed E-state index contributed by atoms with van der Waals surface area (Å²) in [6.07, 6.45) is 0. The highest BCUT2D eigenvalue weighted by molar-refractivity contribution is 6.95. The Balaban J connectivity index is 2.50. The van der Waals surface area contributed by atoms with Gasteiger partial charge >= 0.3 is 14.1 Å². The van der Waals surface area contributed by atoms with Crippen molar-refractivity contribution in [3.63, 3.8) is 0 Å². The Morgan fingerprint density at radius 3 is 1.42 bits per heavy atom. The molecule has 0 amide bonds. The molecular formula is C21H13AlF8O. The van der Waals surface area contributed by atoms with Gasteiger partial charge in [0, 0.05) is 29.3 Å². The summed E-state index contributed by atoms with van der Waals surface area (Å²) in [6, 6.07) is 1.68. The molecule has 0 spiro atoms. The minimum atomic E-state index is -4.12. The number of hydrogen-bond acceptors (Lipinski definition) is 1. The van der Waals surface area contributed by atoms with Crippen LogP contribution in [0.15, 0.2) is 24.3 Å². The van der Waals surface area contributed by atoms with Gasteiger partial charge in [0.2, 0.25) is 0 Å². The summed E-state index contributed by atoms with van der Waals surface area (Å²) < 4.78 is 118. The second-order valence-electron chi connectivity index (χ2n) is 6.83. The lowest BCUT2D eigenvalue weighted by molar-refractivity contribution is 0.385. The lowest BCUT2D eigenvalue weighted by Crippen LogP contribution is -2.58. The van der Waals surface area contributed by atoms with E-state index in [9.17, 15) is 35.1 Å². The van der Waals surface area contributed by atoms with Gasteiger partial charge in [-0.2, -0.15) is 0 Å². The van der Waals surface area contributed by atoms with Crippen LogP contribution >= 0.6 is 0 Å². The van der Waals surface area contributed by atoms with E-state index in [1.807, 2.05) is 0 Å². The number of rotatable bonds is 4. The molecule has 0 heterocycles. The third-order valence-electron chi connectivity index (χ3n) is 5.03. The van der Waals surface area contributed by atoms with Gasteiger partial charge in [0.1, 0.15) is 40.7 Å². The number of methoxy groups -OCH3 is 1. The van der Waals surface area contributed by atoms with Crippen molar-refractivity contribution in [1.82, 2.24) is 0 Å². The highest BCUT2D eigenvalue weighted by Crippen LogP contribution is 2.20. The number of halogens is 8. The second kappa shape index (κ2) is 8.52. The van der Waals surface area contributed by atoms with E-state index in [2.05, 4.69) is 0 Å². The minimum Gasteiger partial charge on any atom is -0.494 e. The minimum absolute atomic E-state index is 0.304. The summed E-state index contributed by atoms with van der Waals surface area (Å²) in [6.45, 7) is 1.92. The number of hydrogen-bond donors (Lipinski definition) is 0. The first kappa shape index (κ1) is 23.1. The maximum atomic E-state index is 15.0. The monoisotopic (exact) mass is 460 g/mol. The molecule has 3 rings (SSSR count). The first-order valence-corrected chi connectivity index (χ1v) is 10.5. The van der Waals surface area contributed by atoms with Crippen molar-refractivity contribution < 1.29 is 39.9 Å². The molecule has 3 aromatic carbocycles. The molecule has 0 aromatic heterocycles. The molecule has 0 bridgehead atoms. The van der Waals surface area contributed by atoms with E-state index in [-0.39, 0.29) is 0 Å². The van der Waals surface area contributed by atoms with E-state index in [0.29, 0.717) is 18.2 Å². The van der Waals surface area contributed by atoms with Crippen molar-refractivity contribution in [3.8, 4) is 5.75 Å². The highest BCUT2D eigenvalue weighted by Gasteiger charge is 2.40. The predicted octanol–water partition coefficient (Wildman–Crippen LogP) is 3.94. The maximum absolute atomic E-state index is 15.0. The Labute approximate surface area is 176 Å². The van der Waals surface area contributed by atoms with Gasteiger partial charge in [0.25, 0.3) is 0 Å². The van der Waals surface area contributed by atoms with Crippen molar-refractivity contribution in [1.29, 1.82) is 0 Å². The Bertz CT molecular complexity index is 1130. The summed E-state index contributed by atoms with van der Waals surface area (Å²) in [5, 5.41) is 0. The van der Waals surface area contributed by atoms with Crippen molar-refractivity contribution in [2.75, 3.05) is 7.11 Å². The fourth-order valence-corrected chi connectivity index (χ4v) is 6.57. The number of benzene rings is 3. The van der Waals surface area contributed by atoms with Crippen LogP contribution in [0.25, 0.3) is 0 Å². The van der Waals surface area contributed by atoms with Crippen LogP contribution in [0.3, 0.4) is 0 Å². The predicted molar refractivity (Wildman–Crippen MR) is 99.7 cm³/mol. The molecule has 0 radical (unpaired) electrons. The maximum Gasteiger partial charge on any atom is 0.407 e. The molecule has 0 aliphatic heterocycles. The summed E-state index contributed by atoms with van der Waals surface area (Å²) in [7, 11) is 1.03. The lowest BCUT2D eigenvalue weighted by Gasteiger charge is -2.20. The van der Waals surface area contributed by atoms with Crippen molar-refractivity contribution in [3.05, 3.63) is 81.9 Å². The molecular weight excluding hydrogens is 447 g/mol. The smallest absolute Gasteiger partial charge is 0.407 e. The van der Waals surface area contributed by atoms with Crippen LogP contribution in [-0.4, -0.2) is 21.3 Å². The van der Waals surface area contributed by atoms with E-state index in [0.717, 1.165) is 27.0 Å². The first-order chi connectivity index (χ1) is 14.5. The standard InChI is InChI=1S/2C7H4F3.C7H5F2O.Al/c2*1-4-6(9)2-5(8)3-7(4)10;1-10-7-3-2-5(8)4-6(7)9;/h2*2H,1H3;3-4H,1H3;. The summed E-state index contributed by atoms with van der Waals surface area (Å²) >= 11 is -4.12. The van der Waals surface area contributed by atoms with Crippen molar-refractivity contribution in [2.45, 2.75) is 13.8 Å². The zero-order valence-corrected chi connectivity index (χ0v) is 17.5. The average molecular weight is 460 g/mol. The molecule has 0 fully saturated rings. The van der Waals surface area contributed by atoms with Crippen LogP contribution in [0.4, 0.5) is 35.1 Å². The Morgan fingerprint density at radius 1 is 0.581 bits per heavy atom. The Hall–Kier alpha value is -2.57. The molecule has 0 unspecified atom stereocenters. The second-order valence-corrected chi connectivity index (χ2v) is 9.47. The molecule has 0 aliphatic carbocycles. The zero-order chi connectivity index (χ0) is 23.2. The highest BCUT2D eigenvalue weighted by atomic mass is 27.2.